The quantitative estimate of drug-likeness (QED) is 0.326. The first-order valence-corrected chi connectivity index (χ1v) is 10.2. The minimum absolute atomic E-state index is 0.0789. The lowest BCUT2D eigenvalue weighted by molar-refractivity contribution is -0.115. The van der Waals surface area contributed by atoms with Crippen LogP contribution >= 0.6 is 11.8 Å². The second-order valence-electron chi connectivity index (χ2n) is 6.53. The predicted molar refractivity (Wildman–Crippen MR) is 116 cm³/mol. The third-order valence-electron chi connectivity index (χ3n) is 4.10. The molecule has 8 heteroatoms. The molecule has 0 saturated heterocycles. The number of thioether (sulfide) groups is 1. The number of nitrogens with one attached hydrogen (secondary N) is 2. The number of ether oxygens (including phenoxy) is 1. The van der Waals surface area contributed by atoms with E-state index in [1.807, 2.05) is 30.3 Å². The molecular weight excluding hydrogens is 402 g/mol. The number of hydrogen-bond donors (Lipinski definition) is 2. The Balaban J connectivity index is 1.64. The van der Waals surface area contributed by atoms with E-state index in [-0.39, 0.29) is 23.9 Å². The lowest BCUT2D eigenvalue weighted by atomic mass is 10.1. The molecule has 154 valence electrons. The number of aromatic nitrogens is 2. The van der Waals surface area contributed by atoms with E-state index in [1.165, 1.54) is 13.0 Å². The van der Waals surface area contributed by atoms with Crippen molar-refractivity contribution in [3.63, 3.8) is 0 Å². The third-order valence-corrected chi connectivity index (χ3v) is 5.08. The molecule has 2 N–H and O–H groups in total. The van der Waals surface area contributed by atoms with E-state index >= 15 is 0 Å². The van der Waals surface area contributed by atoms with Crippen LogP contribution in [0.5, 0.6) is 5.75 Å². The van der Waals surface area contributed by atoms with Crippen LogP contribution < -0.4 is 15.6 Å². The van der Waals surface area contributed by atoms with E-state index in [4.69, 9.17) is 4.74 Å². The first-order valence-electron chi connectivity index (χ1n) is 9.27. The first kappa shape index (κ1) is 21.3. The van der Waals surface area contributed by atoms with Gasteiger partial charge in [-0.3, -0.25) is 14.4 Å². The third kappa shape index (κ3) is 6.05. The first-order chi connectivity index (χ1) is 14.4. The summed E-state index contributed by atoms with van der Waals surface area (Å²) in [5, 5.41) is 2.58. The molecular formula is C22H21N3O4S. The number of carbonyl (C=O) groups excluding carboxylic acids is 2. The van der Waals surface area contributed by atoms with E-state index in [0.29, 0.717) is 27.9 Å². The van der Waals surface area contributed by atoms with Gasteiger partial charge in [0, 0.05) is 17.3 Å². The summed E-state index contributed by atoms with van der Waals surface area (Å²) >= 11 is 1.13. The molecule has 2 aromatic carbocycles. The monoisotopic (exact) mass is 423 g/mol. The van der Waals surface area contributed by atoms with E-state index in [0.717, 1.165) is 11.8 Å². The van der Waals surface area contributed by atoms with Gasteiger partial charge in [-0.15, -0.1) is 0 Å². The van der Waals surface area contributed by atoms with Gasteiger partial charge in [0.15, 0.2) is 10.9 Å². The van der Waals surface area contributed by atoms with Crippen LogP contribution in [0.1, 0.15) is 29.9 Å². The van der Waals surface area contributed by atoms with Gasteiger partial charge in [0.2, 0.25) is 5.91 Å². The predicted octanol–water partition coefficient (Wildman–Crippen LogP) is 3.67. The zero-order valence-electron chi connectivity index (χ0n) is 16.5. The van der Waals surface area contributed by atoms with Crippen molar-refractivity contribution in [2.45, 2.75) is 30.9 Å². The highest BCUT2D eigenvalue weighted by Gasteiger charge is 2.17. The van der Waals surface area contributed by atoms with Gasteiger partial charge in [0.05, 0.1) is 10.9 Å². The van der Waals surface area contributed by atoms with Crippen LogP contribution in [0.15, 0.2) is 70.6 Å². The van der Waals surface area contributed by atoms with Crippen molar-refractivity contribution in [1.29, 1.82) is 0 Å². The molecule has 3 aromatic rings. The van der Waals surface area contributed by atoms with Crippen LogP contribution in [0.3, 0.4) is 0 Å². The zero-order chi connectivity index (χ0) is 21.5. The molecule has 1 heterocycles. The summed E-state index contributed by atoms with van der Waals surface area (Å²) in [6, 6.07) is 17.3. The molecule has 1 amide bonds. The van der Waals surface area contributed by atoms with Gasteiger partial charge in [0.1, 0.15) is 12.4 Å². The van der Waals surface area contributed by atoms with Crippen LogP contribution in [-0.4, -0.2) is 26.9 Å². The van der Waals surface area contributed by atoms with Gasteiger partial charge < -0.3 is 15.0 Å². The molecule has 0 aliphatic heterocycles. The smallest absolute Gasteiger partial charge is 0.251 e. The lowest BCUT2D eigenvalue weighted by Crippen LogP contribution is -2.23. The summed E-state index contributed by atoms with van der Waals surface area (Å²) < 4.78 is 5.63. The average Bonchev–Trinajstić information content (AvgIpc) is 2.72. The maximum Gasteiger partial charge on any atom is 0.251 e. The maximum absolute atomic E-state index is 12.5. The number of hydrogen-bond acceptors (Lipinski definition) is 6. The van der Waals surface area contributed by atoms with Gasteiger partial charge in [-0.2, -0.15) is 0 Å². The van der Waals surface area contributed by atoms with Gasteiger partial charge in [-0.05, 0) is 38.1 Å². The van der Waals surface area contributed by atoms with Crippen molar-refractivity contribution < 1.29 is 14.3 Å². The van der Waals surface area contributed by atoms with Gasteiger partial charge >= 0.3 is 0 Å². The number of Topliss-reactive ketones (excluding diaryl/α,β-unsaturated/α-hetero) is 1. The second kappa shape index (κ2) is 9.89. The Morgan fingerprint density at radius 2 is 1.90 bits per heavy atom. The summed E-state index contributed by atoms with van der Waals surface area (Å²) in [6.07, 6.45) is 0. The Hall–Kier alpha value is -3.39. The molecule has 30 heavy (non-hydrogen) atoms. The molecule has 0 aliphatic rings. The molecule has 1 atom stereocenters. The lowest BCUT2D eigenvalue weighted by Gasteiger charge is -2.12. The van der Waals surface area contributed by atoms with Crippen molar-refractivity contribution in [2.24, 2.45) is 0 Å². The number of amides is 1. The Labute approximate surface area is 177 Å². The number of anilines is 1. The van der Waals surface area contributed by atoms with Crippen molar-refractivity contribution >= 4 is 29.1 Å². The van der Waals surface area contributed by atoms with Crippen molar-refractivity contribution in [1.82, 2.24) is 9.97 Å². The van der Waals surface area contributed by atoms with E-state index in [9.17, 15) is 14.4 Å². The number of para-hydroxylation sites is 1. The van der Waals surface area contributed by atoms with E-state index in [1.54, 1.807) is 31.2 Å². The number of H-pyrrole nitrogens is 1. The number of ketones is 1. The molecule has 1 aromatic heterocycles. The Morgan fingerprint density at radius 1 is 1.13 bits per heavy atom. The molecule has 3 rings (SSSR count). The molecule has 7 nitrogen and oxygen atoms in total. The summed E-state index contributed by atoms with van der Waals surface area (Å²) in [5.41, 5.74) is 1.20. The summed E-state index contributed by atoms with van der Waals surface area (Å²) in [4.78, 5) is 43.0. The Bertz CT molecular complexity index is 1100. The number of carbonyl (C=O) groups is 2. The van der Waals surface area contributed by atoms with Crippen molar-refractivity contribution in [3.05, 3.63) is 82.3 Å². The highest BCUT2D eigenvalue weighted by molar-refractivity contribution is 8.00. The SMILES string of the molecule is CC(=O)c1cccc(NC(=O)C(C)Sc2nc(COc3ccccc3)cc(=O)[nH]2)c1. The van der Waals surface area contributed by atoms with Gasteiger partial charge in [0.25, 0.3) is 5.56 Å². The summed E-state index contributed by atoms with van der Waals surface area (Å²) in [5.74, 6) is 0.327. The fourth-order valence-corrected chi connectivity index (χ4v) is 3.40. The van der Waals surface area contributed by atoms with Gasteiger partial charge in [-0.25, -0.2) is 4.98 Å². The maximum atomic E-state index is 12.5. The molecule has 0 radical (unpaired) electrons. The molecule has 0 fully saturated rings. The number of nitrogens with zero attached hydrogens (tertiary/aromatic N) is 1. The van der Waals surface area contributed by atoms with Crippen LogP contribution in [0.25, 0.3) is 0 Å². The second-order valence-corrected chi connectivity index (χ2v) is 7.86. The standard InChI is InChI=1S/C22H21N3O4S/c1-14(26)16-7-6-8-17(11-16)23-21(28)15(2)30-22-24-18(12-20(27)25-22)13-29-19-9-4-3-5-10-19/h3-12,15H,13H2,1-2H3,(H,23,28)(H,24,25,27). The van der Waals surface area contributed by atoms with Gasteiger partial charge in [-0.1, -0.05) is 42.1 Å². The Morgan fingerprint density at radius 3 is 2.63 bits per heavy atom. The largest absolute Gasteiger partial charge is 0.487 e. The fourth-order valence-electron chi connectivity index (χ4n) is 2.57. The van der Waals surface area contributed by atoms with Crippen molar-refractivity contribution in [2.75, 3.05) is 5.32 Å². The molecule has 1 unspecified atom stereocenters. The van der Waals surface area contributed by atoms with Crippen LogP contribution in [0.2, 0.25) is 0 Å². The van der Waals surface area contributed by atoms with Crippen LogP contribution in [0, 0.1) is 0 Å². The molecule has 0 spiro atoms. The minimum atomic E-state index is -0.528. The van der Waals surface area contributed by atoms with Crippen LogP contribution in [0.4, 0.5) is 5.69 Å². The topological polar surface area (TPSA) is 101 Å². The number of benzene rings is 2. The Kier molecular flexibility index (Phi) is 7.03. The van der Waals surface area contributed by atoms with Crippen molar-refractivity contribution in [3.8, 4) is 5.75 Å². The average molecular weight is 423 g/mol. The summed E-state index contributed by atoms with van der Waals surface area (Å²) in [6.45, 7) is 3.32. The molecule has 0 aliphatic carbocycles. The highest BCUT2D eigenvalue weighted by Crippen LogP contribution is 2.21. The van der Waals surface area contributed by atoms with Crippen LogP contribution in [-0.2, 0) is 11.4 Å². The zero-order valence-corrected chi connectivity index (χ0v) is 17.4. The highest BCUT2D eigenvalue weighted by atomic mass is 32.2. The molecule has 0 bridgehead atoms. The summed E-state index contributed by atoms with van der Waals surface area (Å²) in [7, 11) is 0. The fraction of sp³-hybridized carbons (Fsp3) is 0.182. The normalized spacial score (nSPS) is 11.5. The van der Waals surface area contributed by atoms with E-state index in [2.05, 4.69) is 15.3 Å². The number of aromatic amines is 1. The minimum Gasteiger partial charge on any atom is -0.487 e. The van der Waals surface area contributed by atoms with E-state index < -0.39 is 5.25 Å². The molecule has 0 saturated carbocycles. The number of rotatable bonds is 8.